The fraction of sp³-hybridized carbons (Fsp3) is 0.263. The van der Waals surface area contributed by atoms with Crippen LogP contribution in [0.2, 0.25) is 0 Å². The number of nitrogens with zero attached hydrogens (tertiary/aromatic N) is 1. The second-order valence-corrected chi connectivity index (χ2v) is 8.27. The van der Waals surface area contributed by atoms with Crippen LogP contribution in [-0.4, -0.2) is 27.2 Å². The number of para-hydroxylation sites is 1. The molecule has 0 amide bonds. The number of carbonyl (C=O) groups is 1. The number of thioether (sulfide) groups is 1. The van der Waals surface area contributed by atoms with Crippen molar-refractivity contribution in [3.05, 3.63) is 63.1 Å². The van der Waals surface area contributed by atoms with Gasteiger partial charge >= 0.3 is 5.97 Å². The number of sulfonamides is 1. The van der Waals surface area contributed by atoms with Crippen LogP contribution in [0.25, 0.3) is 0 Å². The molecule has 150 valence electrons. The maximum Gasteiger partial charge on any atom is 0.348 e. The molecule has 1 aromatic rings. The first kappa shape index (κ1) is 23.3. The molecule has 1 aromatic carbocycles. The summed E-state index contributed by atoms with van der Waals surface area (Å²) in [5.41, 5.74) is 6.91. The fourth-order valence-electron chi connectivity index (χ4n) is 2.29. The van der Waals surface area contributed by atoms with E-state index in [1.165, 1.54) is 6.08 Å². The Hall–Kier alpha value is -2.70. The Kier molecular flexibility index (Phi) is 8.82. The molecule has 0 unspecified atom stereocenters. The van der Waals surface area contributed by atoms with Crippen LogP contribution in [0.15, 0.2) is 63.1 Å². The summed E-state index contributed by atoms with van der Waals surface area (Å²) in [6.07, 6.45) is 2.86. The van der Waals surface area contributed by atoms with Gasteiger partial charge in [0.25, 0.3) is 10.0 Å². The summed E-state index contributed by atoms with van der Waals surface area (Å²) in [6.45, 7) is 4.86. The van der Waals surface area contributed by atoms with Gasteiger partial charge in [-0.1, -0.05) is 18.2 Å². The van der Waals surface area contributed by atoms with Crippen molar-refractivity contribution in [2.75, 3.05) is 17.6 Å². The van der Waals surface area contributed by atoms with E-state index >= 15 is 0 Å². The predicted molar refractivity (Wildman–Crippen MR) is 112 cm³/mol. The van der Waals surface area contributed by atoms with Crippen molar-refractivity contribution in [1.82, 2.24) is 0 Å². The minimum absolute atomic E-state index is 0.0218. The minimum atomic E-state index is -3.90. The van der Waals surface area contributed by atoms with Crippen LogP contribution in [0, 0.1) is 11.3 Å². The largest absolute Gasteiger partial charge is 0.462 e. The number of hydrogen-bond acceptors (Lipinski definition) is 7. The molecule has 0 aliphatic rings. The summed E-state index contributed by atoms with van der Waals surface area (Å²) in [4.78, 5) is 11.9. The van der Waals surface area contributed by atoms with E-state index in [-0.39, 0.29) is 27.7 Å². The molecule has 0 fully saturated rings. The monoisotopic (exact) mass is 421 g/mol. The quantitative estimate of drug-likeness (QED) is 0.286. The predicted octanol–water partition coefficient (Wildman–Crippen LogP) is 3.27. The van der Waals surface area contributed by atoms with Gasteiger partial charge in [0, 0.05) is 11.4 Å². The van der Waals surface area contributed by atoms with Gasteiger partial charge < -0.3 is 10.5 Å². The van der Waals surface area contributed by atoms with Gasteiger partial charge in [0.15, 0.2) is 0 Å². The molecule has 3 N–H and O–H groups in total. The lowest BCUT2D eigenvalue weighted by Gasteiger charge is -2.15. The highest BCUT2D eigenvalue weighted by Crippen LogP contribution is 2.30. The minimum Gasteiger partial charge on any atom is -0.462 e. The van der Waals surface area contributed by atoms with Crippen LogP contribution >= 0.6 is 11.8 Å². The number of esters is 1. The maximum atomic E-state index is 12.9. The van der Waals surface area contributed by atoms with Crippen LogP contribution in [0.4, 0.5) is 5.69 Å². The van der Waals surface area contributed by atoms with Crippen molar-refractivity contribution in [2.24, 2.45) is 5.73 Å². The molecule has 0 saturated carbocycles. The molecule has 0 saturated heterocycles. The van der Waals surface area contributed by atoms with Crippen LogP contribution in [0.3, 0.4) is 0 Å². The third-order valence-corrected chi connectivity index (χ3v) is 6.63. The molecule has 0 aliphatic heterocycles. The van der Waals surface area contributed by atoms with Gasteiger partial charge in [-0.15, -0.1) is 11.8 Å². The number of hydrogen-bond donors (Lipinski definition) is 2. The van der Waals surface area contributed by atoms with Gasteiger partial charge in [-0.2, -0.15) is 5.26 Å². The fourth-order valence-corrected chi connectivity index (χ4v) is 4.76. The standard InChI is InChI=1S/C19H23N3O4S2/c1-5-26-18(23)15(12-20)11-17(14(3)21)13(2)19(27-4)28(24,25)22-16-9-7-6-8-10-16/h6-11,22H,5,21H2,1-4H3/b15-11+,17-14+,19-13+. The maximum absolute atomic E-state index is 12.9. The first-order valence-corrected chi connectivity index (χ1v) is 11.0. The zero-order valence-electron chi connectivity index (χ0n) is 16.1. The molecular weight excluding hydrogens is 398 g/mol. The van der Waals surface area contributed by atoms with Crippen molar-refractivity contribution < 1.29 is 17.9 Å². The van der Waals surface area contributed by atoms with E-state index in [0.717, 1.165) is 11.8 Å². The SMILES string of the molecule is CCOC(=O)/C(C#N)=C/C(=C(/C)N)C(/C)=C(\SC)S(=O)(=O)Nc1ccccc1. The van der Waals surface area contributed by atoms with Gasteiger partial charge in [0.1, 0.15) is 15.9 Å². The lowest BCUT2D eigenvalue weighted by atomic mass is 10.0. The number of rotatable bonds is 8. The van der Waals surface area contributed by atoms with E-state index in [1.807, 2.05) is 0 Å². The number of carbonyl (C=O) groups excluding carboxylic acids is 1. The van der Waals surface area contributed by atoms with Crippen molar-refractivity contribution in [3.63, 3.8) is 0 Å². The molecule has 7 nitrogen and oxygen atoms in total. The Bertz CT molecular complexity index is 953. The smallest absolute Gasteiger partial charge is 0.348 e. The lowest BCUT2D eigenvalue weighted by Crippen LogP contribution is -2.16. The number of ether oxygens (including phenoxy) is 1. The third-order valence-electron chi connectivity index (χ3n) is 3.49. The summed E-state index contributed by atoms with van der Waals surface area (Å²) in [6, 6.07) is 10.2. The zero-order valence-corrected chi connectivity index (χ0v) is 17.8. The summed E-state index contributed by atoms with van der Waals surface area (Å²) in [5, 5.41) is 9.25. The number of anilines is 1. The molecule has 0 aliphatic carbocycles. The molecule has 1 rings (SSSR count). The Labute approximate surface area is 170 Å². The van der Waals surface area contributed by atoms with Gasteiger partial charge in [-0.25, -0.2) is 13.2 Å². The van der Waals surface area contributed by atoms with Crippen LogP contribution in [0.5, 0.6) is 0 Å². The second kappa shape index (κ2) is 10.6. The summed E-state index contributed by atoms with van der Waals surface area (Å²) in [7, 11) is -3.90. The summed E-state index contributed by atoms with van der Waals surface area (Å²) >= 11 is 1.01. The molecule has 9 heteroatoms. The number of nitrogens with one attached hydrogen (secondary N) is 1. The number of nitriles is 1. The summed E-state index contributed by atoms with van der Waals surface area (Å²) in [5.74, 6) is -0.799. The van der Waals surface area contributed by atoms with Crippen LogP contribution < -0.4 is 10.5 Å². The van der Waals surface area contributed by atoms with E-state index in [9.17, 15) is 18.5 Å². The highest BCUT2D eigenvalue weighted by atomic mass is 32.3. The van der Waals surface area contributed by atoms with E-state index in [4.69, 9.17) is 10.5 Å². The summed E-state index contributed by atoms with van der Waals surface area (Å²) < 4.78 is 33.1. The average Bonchev–Trinajstić information content (AvgIpc) is 2.63. The highest BCUT2D eigenvalue weighted by molar-refractivity contribution is 8.18. The second-order valence-electron chi connectivity index (χ2n) is 5.58. The van der Waals surface area contributed by atoms with E-state index < -0.39 is 16.0 Å². The first-order valence-electron chi connectivity index (χ1n) is 8.26. The van der Waals surface area contributed by atoms with Crippen molar-refractivity contribution in [1.29, 1.82) is 5.26 Å². The van der Waals surface area contributed by atoms with Crippen LogP contribution in [0.1, 0.15) is 20.8 Å². The topological polar surface area (TPSA) is 122 Å². The van der Waals surface area contributed by atoms with Crippen LogP contribution in [-0.2, 0) is 19.6 Å². The van der Waals surface area contributed by atoms with Gasteiger partial charge in [0.05, 0.1) is 6.61 Å². The number of allylic oxidation sites excluding steroid dienone is 4. The van der Waals surface area contributed by atoms with Crippen molar-refractivity contribution >= 4 is 33.4 Å². The normalized spacial score (nSPS) is 13.8. The Morgan fingerprint density at radius 2 is 1.93 bits per heavy atom. The first-order chi connectivity index (χ1) is 13.2. The number of nitrogens with two attached hydrogens (primary N) is 1. The molecule has 0 heterocycles. The number of benzene rings is 1. The molecule has 0 atom stereocenters. The Morgan fingerprint density at radius 1 is 1.32 bits per heavy atom. The molecule has 0 spiro atoms. The average molecular weight is 422 g/mol. The molecule has 0 aromatic heterocycles. The zero-order chi connectivity index (χ0) is 21.3. The van der Waals surface area contributed by atoms with E-state index in [1.54, 1.807) is 63.4 Å². The van der Waals surface area contributed by atoms with Crippen molar-refractivity contribution in [2.45, 2.75) is 20.8 Å². The highest BCUT2D eigenvalue weighted by Gasteiger charge is 2.23. The van der Waals surface area contributed by atoms with E-state index in [2.05, 4.69) is 4.72 Å². The van der Waals surface area contributed by atoms with E-state index in [0.29, 0.717) is 11.3 Å². The Morgan fingerprint density at radius 3 is 2.39 bits per heavy atom. The molecule has 28 heavy (non-hydrogen) atoms. The van der Waals surface area contributed by atoms with Gasteiger partial charge in [0.2, 0.25) is 0 Å². The lowest BCUT2D eigenvalue weighted by molar-refractivity contribution is -0.138. The third kappa shape index (κ3) is 6.18. The van der Waals surface area contributed by atoms with Gasteiger partial charge in [-0.3, -0.25) is 4.72 Å². The van der Waals surface area contributed by atoms with Crippen molar-refractivity contribution in [3.8, 4) is 6.07 Å². The Balaban J connectivity index is 3.48. The molecular formula is C19H23N3O4S2. The molecule has 0 bridgehead atoms. The van der Waals surface area contributed by atoms with Gasteiger partial charge in [-0.05, 0) is 56.4 Å². The molecule has 0 radical (unpaired) electrons.